The number of hydrogen-bond acceptors (Lipinski definition) is 1. The molecule has 0 heterocycles. The lowest BCUT2D eigenvalue weighted by Crippen LogP contribution is -2.26. The quantitative estimate of drug-likeness (QED) is 0.553. The third-order valence-corrected chi connectivity index (χ3v) is 7.07. The third kappa shape index (κ3) is 5.34. The zero-order chi connectivity index (χ0) is 17.5. The molecule has 0 saturated heterocycles. The Hall–Kier alpha value is -1.29. The Kier molecular flexibility index (Phi) is 6.97. The second-order valence-corrected chi connectivity index (χ2v) is 8.70. The second-order valence-electron chi connectivity index (χ2n) is 8.70. The van der Waals surface area contributed by atoms with Crippen LogP contribution in [0.4, 0.5) is 0 Å². The van der Waals surface area contributed by atoms with Gasteiger partial charge >= 0.3 is 0 Å². The minimum absolute atomic E-state index is 0.776. The summed E-state index contributed by atoms with van der Waals surface area (Å²) >= 11 is 0. The van der Waals surface area contributed by atoms with E-state index in [9.17, 15) is 0 Å². The summed E-state index contributed by atoms with van der Waals surface area (Å²) in [7, 11) is 0. The number of aryl methyl sites for hydroxylation is 1. The van der Waals surface area contributed by atoms with Crippen molar-refractivity contribution in [2.24, 2.45) is 23.7 Å². The molecule has 1 aromatic carbocycles. The van der Waals surface area contributed by atoms with Crippen LogP contribution in [0.1, 0.15) is 88.7 Å². The van der Waals surface area contributed by atoms with Crippen molar-refractivity contribution in [1.29, 1.82) is 5.26 Å². The summed E-state index contributed by atoms with van der Waals surface area (Å²) < 4.78 is 0. The molecule has 2 fully saturated rings. The molecule has 1 nitrogen and oxygen atoms in total. The monoisotopic (exact) mass is 337 g/mol. The minimum Gasteiger partial charge on any atom is -0.192 e. The van der Waals surface area contributed by atoms with Crippen LogP contribution in [-0.2, 0) is 6.42 Å². The minimum atomic E-state index is 0.776. The molecule has 0 atom stereocenters. The average Bonchev–Trinajstić information content (AvgIpc) is 2.68. The summed E-state index contributed by atoms with van der Waals surface area (Å²) in [5.74, 6) is 4.06. The van der Waals surface area contributed by atoms with Gasteiger partial charge < -0.3 is 0 Å². The zero-order valence-corrected chi connectivity index (χ0v) is 16.1. The maximum absolute atomic E-state index is 8.89. The summed E-state index contributed by atoms with van der Waals surface area (Å²) in [4.78, 5) is 0. The van der Waals surface area contributed by atoms with Gasteiger partial charge in [-0.25, -0.2) is 0 Å². The Labute approximate surface area is 154 Å². The van der Waals surface area contributed by atoms with Crippen LogP contribution < -0.4 is 0 Å². The first-order valence-electron chi connectivity index (χ1n) is 10.8. The smallest absolute Gasteiger partial charge is 0.0991 e. The van der Waals surface area contributed by atoms with E-state index in [2.05, 4.69) is 25.1 Å². The van der Waals surface area contributed by atoms with Crippen LogP contribution in [0, 0.1) is 35.0 Å². The number of nitrogens with zero attached hydrogens (tertiary/aromatic N) is 1. The average molecular weight is 338 g/mol. The van der Waals surface area contributed by atoms with Crippen LogP contribution in [0.15, 0.2) is 24.3 Å². The molecule has 0 unspecified atom stereocenters. The van der Waals surface area contributed by atoms with Crippen molar-refractivity contribution in [3.63, 3.8) is 0 Å². The van der Waals surface area contributed by atoms with Crippen LogP contribution in [-0.4, -0.2) is 0 Å². The van der Waals surface area contributed by atoms with E-state index in [-0.39, 0.29) is 0 Å². The normalized spacial score (nSPS) is 29.9. The van der Waals surface area contributed by atoms with Gasteiger partial charge in [0, 0.05) is 0 Å². The van der Waals surface area contributed by atoms with Crippen molar-refractivity contribution in [2.75, 3.05) is 0 Å². The van der Waals surface area contributed by atoms with Gasteiger partial charge in [-0.15, -0.1) is 0 Å². The predicted octanol–water partition coefficient (Wildman–Crippen LogP) is 6.90. The van der Waals surface area contributed by atoms with Gasteiger partial charge in [0.1, 0.15) is 0 Å². The molecule has 2 aliphatic carbocycles. The highest BCUT2D eigenvalue weighted by Crippen LogP contribution is 2.42. The number of nitriles is 1. The molecule has 136 valence electrons. The van der Waals surface area contributed by atoms with Crippen LogP contribution in [0.5, 0.6) is 0 Å². The topological polar surface area (TPSA) is 23.8 Å². The molecule has 0 N–H and O–H groups in total. The van der Waals surface area contributed by atoms with Crippen LogP contribution in [0.2, 0.25) is 0 Å². The van der Waals surface area contributed by atoms with Crippen molar-refractivity contribution in [3.8, 4) is 6.07 Å². The van der Waals surface area contributed by atoms with Crippen molar-refractivity contribution < 1.29 is 0 Å². The van der Waals surface area contributed by atoms with E-state index < -0.39 is 0 Å². The van der Waals surface area contributed by atoms with Crippen molar-refractivity contribution in [2.45, 2.75) is 84.0 Å². The van der Waals surface area contributed by atoms with E-state index in [4.69, 9.17) is 5.26 Å². The van der Waals surface area contributed by atoms with Gasteiger partial charge in [-0.3, -0.25) is 0 Å². The molecule has 3 rings (SSSR count). The third-order valence-electron chi connectivity index (χ3n) is 7.07. The predicted molar refractivity (Wildman–Crippen MR) is 105 cm³/mol. The number of hydrogen-bond donors (Lipinski definition) is 0. The molecule has 0 spiro atoms. The van der Waals surface area contributed by atoms with E-state index in [0.29, 0.717) is 0 Å². The first-order chi connectivity index (χ1) is 12.3. The summed E-state index contributed by atoms with van der Waals surface area (Å²) in [6, 6.07) is 10.4. The molecule has 0 amide bonds. The van der Waals surface area contributed by atoms with E-state index in [1.54, 1.807) is 0 Å². The van der Waals surface area contributed by atoms with Crippen molar-refractivity contribution in [1.82, 2.24) is 0 Å². The molecule has 1 heteroatoms. The summed E-state index contributed by atoms with van der Waals surface area (Å²) in [6.45, 7) is 2.34. The highest BCUT2D eigenvalue weighted by molar-refractivity contribution is 5.31. The summed E-state index contributed by atoms with van der Waals surface area (Å²) in [5, 5.41) is 8.89. The number of rotatable bonds is 6. The van der Waals surface area contributed by atoms with Gasteiger partial charge in [-0.2, -0.15) is 5.26 Å². The van der Waals surface area contributed by atoms with Gasteiger partial charge in [0.05, 0.1) is 11.6 Å². The lowest BCUT2D eigenvalue weighted by molar-refractivity contribution is 0.141. The molecule has 0 bridgehead atoms. The molecular weight excluding hydrogens is 302 g/mol. The Balaban J connectivity index is 1.36. The maximum atomic E-state index is 8.89. The molecule has 0 aromatic heterocycles. The van der Waals surface area contributed by atoms with Crippen molar-refractivity contribution in [3.05, 3.63) is 35.4 Å². The van der Waals surface area contributed by atoms with Gasteiger partial charge in [0.2, 0.25) is 0 Å². The van der Waals surface area contributed by atoms with Crippen LogP contribution in [0.3, 0.4) is 0 Å². The zero-order valence-electron chi connectivity index (χ0n) is 16.1. The highest BCUT2D eigenvalue weighted by Gasteiger charge is 2.30. The molecule has 0 aliphatic heterocycles. The molecular formula is C24H35N. The van der Waals surface area contributed by atoms with Crippen LogP contribution in [0.25, 0.3) is 0 Å². The Morgan fingerprint density at radius 2 is 1.32 bits per heavy atom. The van der Waals surface area contributed by atoms with E-state index in [1.165, 1.54) is 82.6 Å². The van der Waals surface area contributed by atoms with E-state index in [0.717, 1.165) is 29.2 Å². The summed E-state index contributed by atoms with van der Waals surface area (Å²) in [5.41, 5.74) is 2.17. The van der Waals surface area contributed by atoms with E-state index >= 15 is 0 Å². The first kappa shape index (κ1) is 18.5. The molecule has 2 saturated carbocycles. The SMILES string of the molecule is CCC[C@H]1CC[C@H](C2CCC(CCc3ccc(C#N)cc3)CC2)CC1. The molecule has 0 radical (unpaired) electrons. The van der Waals surface area contributed by atoms with Gasteiger partial charge in [-0.05, 0) is 79.9 Å². The highest BCUT2D eigenvalue weighted by atomic mass is 14.4. The maximum Gasteiger partial charge on any atom is 0.0991 e. The standard InChI is InChI=1S/C24H35N/c1-2-3-19-10-14-23(15-11-19)24-16-12-21(13-17-24)5-4-20-6-8-22(18-25)9-7-20/h6-9,19,21,23-24H,2-5,10-17H2,1H3/t19-,21?,23-,24?. The van der Waals surface area contributed by atoms with Gasteiger partial charge in [0.25, 0.3) is 0 Å². The van der Waals surface area contributed by atoms with Crippen molar-refractivity contribution >= 4 is 0 Å². The first-order valence-corrected chi connectivity index (χ1v) is 10.8. The van der Waals surface area contributed by atoms with E-state index in [1.807, 2.05) is 12.1 Å². The molecule has 2 aliphatic rings. The Bertz CT molecular complexity index is 536. The molecule has 1 aromatic rings. The second kappa shape index (κ2) is 9.42. The Morgan fingerprint density at radius 3 is 1.80 bits per heavy atom. The fraction of sp³-hybridized carbons (Fsp3) is 0.708. The summed E-state index contributed by atoms with van der Waals surface area (Å²) in [6.07, 6.45) is 17.3. The molecule has 25 heavy (non-hydrogen) atoms. The Morgan fingerprint density at radius 1 is 0.800 bits per heavy atom. The lowest BCUT2D eigenvalue weighted by Gasteiger charge is -2.38. The van der Waals surface area contributed by atoms with Gasteiger partial charge in [-0.1, -0.05) is 57.6 Å². The lowest BCUT2D eigenvalue weighted by atomic mass is 9.68. The fourth-order valence-electron chi connectivity index (χ4n) is 5.42. The largest absolute Gasteiger partial charge is 0.192 e. The van der Waals surface area contributed by atoms with Gasteiger partial charge in [0.15, 0.2) is 0 Å². The number of benzene rings is 1. The van der Waals surface area contributed by atoms with Crippen LogP contribution >= 0.6 is 0 Å². The fourth-order valence-corrected chi connectivity index (χ4v) is 5.42.